The number of halogens is 2. The summed E-state index contributed by atoms with van der Waals surface area (Å²) in [5, 5.41) is 3.03. The summed E-state index contributed by atoms with van der Waals surface area (Å²) in [6.45, 7) is 0. The normalized spacial score (nSPS) is 10.2. The lowest BCUT2D eigenvalue weighted by Gasteiger charge is -2.12. The monoisotopic (exact) mass is 356 g/mol. The van der Waals surface area contributed by atoms with Crippen LogP contribution >= 0.6 is 27.5 Å². The van der Waals surface area contributed by atoms with E-state index < -0.39 is 5.91 Å². The summed E-state index contributed by atoms with van der Waals surface area (Å²) in [4.78, 5) is 26.4. The van der Waals surface area contributed by atoms with Crippen molar-refractivity contribution in [2.45, 2.75) is 0 Å². The van der Waals surface area contributed by atoms with Gasteiger partial charge in [-0.15, -0.1) is 0 Å². The lowest BCUT2D eigenvalue weighted by molar-refractivity contribution is 0.102. The quantitative estimate of drug-likeness (QED) is 0.887. The molecule has 0 fully saturated rings. The topological polar surface area (TPSA) is 71.2 Å². The highest BCUT2D eigenvalue weighted by Gasteiger charge is 2.15. The zero-order valence-electron chi connectivity index (χ0n) is 10.4. The Morgan fingerprint density at radius 2 is 2.20 bits per heavy atom. The number of carbonyl (C=O) groups excluding carboxylic acids is 1. The van der Waals surface area contributed by atoms with E-state index in [1.165, 1.54) is 25.6 Å². The molecule has 2 rings (SSSR count). The number of hydrogen-bond donors (Lipinski definition) is 2. The highest BCUT2D eigenvalue weighted by atomic mass is 79.9. The van der Waals surface area contributed by atoms with Gasteiger partial charge in [0, 0.05) is 23.5 Å². The number of anilines is 1. The summed E-state index contributed by atoms with van der Waals surface area (Å²) in [7, 11) is 1.47. The van der Waals surface area contributed by atoms with E-state index in [0.717, 1.165) is 0 Å². The molecule has 0 aliphatic heterocycles. The smallest absolute Gasteiger partial charge is 0.261 e. The Hall–Kier alpha value is -1.79. The fraction of sp³-hybridized carbons (Fsp3) is 0.0769. The fourth-order valence-corrected chi connectivity index (χ4v) is 2.62. The molecule has 104 valence electrons. The van der Waals surface area contributed by atoms with Crippen LogP contribution in [0.15, 0.2) is 39.9 Å². The van der Waals surface area contributed by atoms with Crippen molar-refractivity contribution in [2.75, 3.05) is 12.4 Å². The fourth-order valence-electron chi connectivity index (χ4n) is 1.64. The Bertz CT molecular complexity index is 715. The lowest BCUT2D eigenvalue weighted by atomic mass is 10.2. The summed E-state index contributed by atoms with van der Waals surface area (Å²) in [5.74, 6) is -0.116. The van der Waals surface area contributed by atoms with Crippen LogP contribution in [0.1, 0.15) is 10.4 Å². The van der Waals surface area contributed by atoms with Crippen LogP contribution in [0, 0.1) is 0 Å². The second kappa shape index (κ2) is 6.11. The molecule has 1 aromatic heterocycles. The largest absolute Gasteiger partial charge is 0.493 e. The van der Waals surface area contributed by atoms with Gasteiger partial charge >= 0.3 is 0 Å². The molecule has 0 unspecified atom stereocenters. The van der Waals surface area contributed by atoms with Gasteiger partial charge < -0.3 is 15.0 Å². The molecule has 0 atom stereocenters. The first-order chi connectivity index (χ1) is 9.52. The van der Waals surface area contributed by atoms with Crippen LogP contribution in [0.4, 0.5) is 5.69 Å². The number of amides is 1. The summed E-state index contributed by atoms with van der Waals surface area (Å²) < 4.78 is 5.79. The van der Waals surface area contributed by atoms with E-state index in [9.17, 15) is 9.59 Å². The molecule has 0 saturated heterocycles. The second-order valence-corrected chi connectivity index (χ2v) is 5.14. The van der Waals surface area contributed by atoms with Gasteiger partial charge in [0.1, 0.15) is 5.56 Å². The number of benzene rings is 1. The number of nitrogens with one attached hydrogen (secondary N) is 2. The molecule has 2 aromatic rings. The number of ether oxygens (including phenoxy) is 1. The number of rotatable bonds is 3. The third-order valence-electron chi connectivity index (χ3n) is 2.53. The molecule has 7 heteroatoms. The van der Waals surface area contributed by atoms with Crippen molar-refractivity contribution < 1.29 is 9.53 Å². The second-order valence-electron chi connectivity index (χ2n) is 3.84. The summed E-state index contributed by atoms with van der Waals surface area (Å²) in [6.07, 6.45) is 2.79. The van der Waals surface area contributed by atoms with Gasteiger partial charge in [0.15, 0.2) is 11.2 Å². The van der Waals surface area contributed by atoms with Gasteiger partial charge in [-0.2, -0.15) is 0 Å². The molecule has 0 aliphatic rings. The molecule has 0 spiro atoms. The Balaban J connectivity index is 2.38. The van der Waals surface area contributed by atoms with E-state index in [1.807, 2.05) is 0 Å². The van der Waals surface area contributed by atoms with Crippen LogP contribution in [-0.4, -0.2) is 18.0 Å². The maximum absolute atomic E-state index is 12.1. The van der Waals surface area contributed by atoms with E-state index in [1.54, 1.807) is 12.1 Å². The van der Waals surface area contributed by atoms with E-state index in [0.29, 0.717) is 20.9 Å². The molecular formula is C13H10BrClN2O3. The van der Waals surface area contributed by atoms with E-state index >= 15 is 0 Å². The Morgan fingerprint density at radius 1 is 1.45 bits per heavy atom. The van der Waals surface area contributed by atoms with Crippen molar-refractivity contribution in [3.63, 3.8) is 0 Å². The predicted octanol–water partition coefficient (Wildman–Crippen LogP) is 3.05. The van der Waals surface area contributed by atoms with Crippen LogP contribution in [0.2, 0.25) is 5.02 Å². The van der Waals surface area contributed by atoms with Crippen LogP contribution in [0.25, 0.3) is 0 Å². The van der Waals surface area contributed by atoms with Gasteiger partial charge in [-0.3, -0.25) is 9.59 Å². The van der Waals surface area contributed by atoms with Gasteiger partial charge in [0.05, 0.1) is 17.3 Å². The molecule has 0 saturated carbocycles. The molecule has 1 heterocycles. The summed E-state index contributed by atoms with van der Waals surface area (Å²) >= 11 is 9.23. The Kier molecular flexibility index (Phi) is 4.46. The number of hydrogen-bond acceptors (Lipinski definition) is 3. The van der Waals surface area contributed by atoms with Crippen molar-refractivity contribution in [2.24, 2.45) is 0 Å². The molecule has 1 amide bonds. The molecule has 0 radical (unpaired) electrons. The van der Waals surface area contributed by atoms with Gasteiger partial charge in [0.2, 0.25) is 0 Å². The zero-order chi connectivity index (χ0) is 14.7. The zero-order valence-corrected chi connectivity index (χ0v) is 12.7. The maximum atomic E-state index is 12.1. The number of methoxy groups -OCH3 is 1. The minimum atomic E-state index is -0.542. The van der Waals surface area contributed by atoms with Gasteiger partial charge in [-0.05, 0) is 28.1 Å². The molecule has 0 bridgehead atoms. The number of aromatic amines is 1. The first-order valence-electron chi connectivity index (χ1n) is 5.54. The van der Waals surface area contributed by atoms with Crippen molar-refractivity contribution in [1.29, 1.82) is 0 Å². The lowest BCUT2D eigenvalue weighted by Crippen LogP contribution is -2.21. The Morgan fingerprint density at radius 3 is 2.85 bits per heavy atom. The van der Waals surface area contributed by atoms with Crippen LogP contribution in [0.5, 0.6) is 5.75 Å². The molecule has 20 heavy (non-hydrogen) atoms. The first kappa shape index (κ1) is 14.6. The van der Waals surface area contributed by atoms with Crippen molar-refractivity contribution >= 4 is 39.1 Å². The highest BCUT2D eigenvalue weighted by Crippen LogP contribution is 2.36. The minimum Gasteiger partial charge on any atom is -0.493 e. The molecule has 5 nitrogen and oxygen atoms in total. The SMILES string of the molecule is COc1c(Br)cc(Cl)cc1NC(=O)c1c[nH]ccc1=O. The minimum absolute atomic E-state index is 0.00523. The average molecular weight is 358 g/mol. The van der Waals surface area contributed by atoms with Crippen molar-refractivity contribution in [3.8, 4) is 5.75 Å². The number of carbonyl (C=O) groups is 1. The van der Waals surface area contributed by atoms with Gasteiger partial charge in [-0.25, -0.2) is 0 Å². The highest BCUT2D eigenvalue weighted by molar-refractivity contribution is 9.10. The summed E-state index contributed by atoms with van der Waals surface area (Å²) in [6, 6.07) is 4.46. The van der Waals surface area contributed by atoms with E-state index in [4.69, 9.17) is 16.3 Å². The van der Waals surface area contributed by atoms with Crippen LogP contribution in [-0.2, 0) is 0 Å². The van der Waals surface area contributed by atoms with E-state index in [-0.39, 0.29) is 11.0 Å². The average Bonchev–Trinajstić information content (AvgIpc) is 2.38. The van der Waals surface area contributed by atoms with Gasteiger partial charge in [-0.1, -0.05) is 11.6 Å². The maximum Gasteiger partial charge on any atom is 0.261 e. The standard InChI is InChI=1S/C13H10BrClN2O3/c1-20-12-9(14)4-7(15)5-10(12)17-13(19)8-6-16-3-2-11(8)18/h2-6H,1H3,(H,16,18)(H,17,19). The number of H-pyrrole nitrogens is 1. The molecular weight excluding hydrogens is 348 g/mol. The van der Waals surface area contributed by atoms with Crippen LogP contribution < -0.4 is 15.5 Å². The summed E-state index contributed by atoms with van der Waals surface area (Å²) in [5.41, 5.74) is 0.00656. The number of aromatic nitrogens is 1. The van der Waals surface area contributed by atoms with Gasteiger partial charge in [0.25, 0.3) is 5.91 Å². The Labute approximate surface area is 128 Å². The van der Waals surface area contributed by atoms with E-state index in [2.05, 4.69) is 26.2 Å². The molecule has 1 aromatic carbocycles. The van der Waals surface area contributed by atoms with Crippen LogP contribution in [0.3, 0.4) is 0 Å². The molecule has 0 aliphatic carbocycles. The number of pyridine rings is 1. The predicted molar refractivity (Wildman–Crippen MR) is 80.7 cm³/mol. The first-order valence-corrected chi connectivity index (χ1v) is 6.71. The van der Waals surface area contributed by atoms with Crippen molar-refractivity contribution in [1.82, 2.24) is 4.98 Å². The molecule has 2 N–H and O–H groups in total. The third-order valence-corrected chi connectivity index (χ3v) is 3.34. The third kappa shape index (κ3) is 3.02. The van der Waals surface area contributed by atoms with Crippen molar-refractivity contribution in [3.05, 3.63) is 55.9 Å².